The van der Waals surface area contributed by atoms with E-state index in [2.05, 4.69) is 10.6 Å². The molecule has 1 saturated heterocycles. The van der Waals surface area contributed by atoms with Gasteiger partial charge < -0.3 is 10.6 Å². The van der Waals surface area contributed by atoms with Crippen LogP contribution in [0.4, 0.5) is 4.39 Å². The summed E-state index contributed by atoms with van der Waals surface area (Å²) >= 11 is 0. The topological polar surface area (TPSA) is 41.1 Å². The van der Waals surface area contributed by atoms with E-state index in [1.165, 1.54) is 12.1 Å². The van der Waals surface area contributed by atoms with Gasteiger partial charge in [0.2, 0.25) is 5.91 Å². The van der Waals surface area contributed by atoms with Gasteiger partial charge in [-0.05, 0) is 44.5 Å². The molecule has 0 radical (unpaired) electrons. The van der Waals surface area contributed by atoms with E-state index in [0.29, 0.717) is 6.54 Å². The molecule has 1 aromatic carbocycles. The third kappa shape index (κ3) is 2.70. The van der Waals surface area contributed by atoms with E-state index < -0.39 is 0 Å². The van der Waals surface area contributed by atoms with Gasteiger partial charge >= 0.3 is 0 Å². The fraction of sp³-hybridized carbons (Fsp3) is 0.500. The molecule has 98 valence electrons. The number of halogens is 1. The summed E-state index contributed by atoms with van der Waals surface area (Å²) in [4.78, 5) is 12.2. The van der Waals surface area contributed by atoms with Crippen LogP contribution in [0.25, 0.3) is 0 Å². The zero-order valence-corrected chi connectivity index (χ0v) is 10.8. The largest absolute Gasteiger partial charge is 0.349 e. The van der Waals surface area contributed by atoms with E-state index >= 15 is 0 Å². The second-order valence-corrected chi connectivity index (χ2v) is 5.24. The van der Waals surface area contributed by atoms with E-state index in [1.807, 2.05) is 19.9 Å². The fourth-order valence-electron chi connectivity index (χ4n) is 2.24. The highest BCUT2D eigenvalue weighted by Crippen LogP contribution is 2.26. The van der Waals surface area contributed by atoms with Crippen LogP contribution in [0.1, 0.15) is 31.9 Å². The van der Waals surface area contributed by atoms with Crippen molar-refractivity contribution in [3.8, 4) is 0 Å². The summed E-state index contributed by atoms with van der Waals surface area (Å²) in [6.45, 7) is 5.41. The lowest BCUT2D eigenvalue weighted by molar-refractivity contribution is -0.129. The first-order chi connectivity index (χ1) is 8.51. The molecule has 4 heteroatoms. The van der Waals surface area contributed by atoms with Gasteiger partial charge in [-0.15, -0.1) is 0 Å². The number of carbonyl (C=O) groups excluding carboxylic acids is 1. The van der Waals surface area contributed by atoms with Gasteiger partial charge in [0.25, 0.3) is 0 Å². The van der Waals surface area contributed by atoms with Crippen molar-refractivity contribution in [1.29, 1.82) is 0 Å². The normalized spacial score (nSPS) is 24.8. The second-order valence-electron chi connectivity index (χ2n) is 5.24. The number of carbonyl (C=O) groups is 1. The van der Waals surface area contributed by atoms with Crippen molar-refractivity contribution in [3.05, 3.63) is 35.6 Å². The molecular weight excluding hydrogens is 231 g/mol. The van der Waals surface area contributed by atoms with Gasteiger partial charge in [0, 0.05) is 6.54 Å². The summed E-state index contributed by atoms with van der Waals surface area (Å²) in [6, 6.07) is 6.17. The number of hydrogen-bond acceptors (Lipinski definition) is 2. The van der Waals surface area contributed by atoms with Crippen molar-refractivity contribution in [3.63, 3.8) is 0 Å². The van der Waals surface area contributed by atoms with Gasteiger partial charge in [0.15, 0.2) is 0 Å². The van der Waals surface area contributed by atoms with Crippen molar-refractivity contribution >= 4 is 5.91 Å². The van der Waals surface area contributed by atoms with Gasteiger partial charge in [-0.1, -0.05) is 12.1 Å². The van der Waals surface area contributed by atoms with Crippen LogP contribution in [0.5, 0.6) is 0 Å². The lowest BCUT2D eigenvalue weighted by atomic mass is 9.88. The van der Waals surface area contributed by atoms with Crippen LogP contribution in [0.3, 0.4) is 0 Å². The van der Waals surface area contributed by atoms with Crippen molar-refractivity contribution in [2.75, 3.05) is 13.1 Å². The SMILES string of the molecule is C[C@@H](NC(=O)C1(C)CCNC1)c1cccc(F)c1. The predicted molar refractivity (Wildman–Crippen MR) is 68.6 cm³/mol. The molecule has 2 N–H and O–H groups in total. The maximum Gasteiger partial charge on any atom is 0.227 e. The third-order valence-electron chi connectivity index (χ3n) is 3.61. The van der Waals surface area contributed by atoms with Crippen molar-refractivity contribution in [1.82, 2.24) is 10.6 Å². The molecule has 1 aliphatic heterocycles. The molecular formula is C14H19FN2O. The molecule has 0 bridgehead atoms. The molecule has 1 aliphatic rings. The quantitative estimate of drug-likeness (QED) is 0.861. The maximum absolute atomic E-state index is 13.1. The molecule has 18 heavy (non-hydrogen) atoms. The Morgan fingerprint density at radius 3 is 2.94 bits per heavy atom. The summed E-state index contributed by atoms with van der Waals surface area (Å²) in [5.74, 6) is -0.244. The van der Waals surface area contributed by atoms with Crippen LogP contribution < -0.4 is 10.6 Å². The maximum atomic E-state index is 13.1. The van der Waals surface area contributed by atoms with Gasteiger partial charge in [-0.3, -0.25) is 4.79 Å². The lowest BCUT2D eigenvalue weighted by Gasteiger charge is -2.24. The van der Waals surface area contributed by atoms with Gasteiger partial charge in [-0.2, -0.15) is 0 Å². The average Bonchev–Trinajstić information content (AvgIpc) is 2.77. The van der Waals surface area contributed by atoms with Gasteiger partial charge in [-0.25, -0.2) is 4.39 Å². The Morgan fingerprint density at radius 1 is 1.56 bits per heavy atom. The Bertz CT molecular complexity index is 441. The van der Waals surface area contributed by atoms with E-state index in [0.717, 1.165) is 18.5 Å². The molecule has 0 spiro atoms. The van der Waals surface area contributed by atoms with Crippen LogP contribution >= 0.6 is 0 Å². The fourth-order valence-corrected chi connectivity index (χ4v) is 2.24. The van der Waals surface area contributed by atoms with Crippen molar-refractivity contribution < 1.29 is 9.18 Å². The molecule has 2 atom stereocenters. The zero-order valence-electron chi connectivity index (χ0n) is 10.8. The Morgan fingerprint density at radius 2 is 2.33 bits per heavy atom. The average molecular weight is 250 g/mol. The summed E-state index contributed by atoms with van der Waals surface area (Å²) in [5.41, 5.74) is 0.444. The molecule has 3 nitrogen and oxygen atoms in total. The molecule has 0 saturated carbocycles. The van der Waals surface area contributed by atoms with Crippen LogP contribution in [-0.4, -0.2) is 19.0 Å². The molecule has 0 aromatic heterocycles. The summed E-state index contributed by atoms with van der Waals surface area (Å²) < 4.78 is 13.1. The molecule has 1 aromatic rings. The summed E-state index contributed by atoms with van der Waals surface area (Å²) in [6.07, 6.45) is 0.842. The monoisotopic (exact) mass is 250 g/mol. The van der Waals surface area contributed by atoms with Crippen LogP contribution in [0.2, 0.25) is 0 Å². The van der Waals surface area contributed by atoms with Gasteiger partial charge in [0.1, 0.15) is 5.82 Å². The highest BCUT2D eigenvalue weighted by Gasteiger charge is 2.36. The molecule has 1 heterocycles. The van der Waals surface area contributed by atoms with Crippen molar-refractivity contribution in [2.24, 2.45) is 5.41 Å². The third-order valence-corrected chi connectivity index (χ3v) is 3.61. The smallest absolute Gasteiger partial charge is 0.227 e. The van der Waals surface area contributed by atoms with E-state index in [-0.39, 0.29) is 23.2 Å². The molecule has 1 fully saturated rings. The first-order valence-corrected chi connectivity index (χ1v) is 6.28. The molecule has 1 unspecified atom stereocenters. The van der Waals surface area contributed by atoms with Crippen LogP contribution in [-0.2, 0) is 4.79 Å². The first kappa shape index (κ1) is 13.0. The number of amides is 1. The number of benzene rings is 1. The predicted octanol–water partition coefficient (Wildman–Crippen LogP) is 2.00. The molecule has 0 aliphatic carbocycles. The Labute approximate surface area is 107 Å². The minimum absolute atomic E-state index is 0.0317. The standard InChI is InChI=1S/C14H19FN2O/c1-10(11-4-3-5-12(15)8-11)17-13(18)14(2)6-7-16-9-14/h3-5,8,10,16H,6-7,9H2,1-2H3,(H,17,18)/t10-,14?/m1/s1. The Hall–Kier alpha value is -1.42. The highest BCUT2D eigenvalue weighted by atomic mass is 19.1. The summed E-state index contributed by atoms with van der Waals surface area (Å²) in [7, 11) is 0. The summed E-state index contributed by atoms with van der Waals surface area (Å²) in [5, 5.41) is 6.16. The number of rotatable bonds is 3. The Balaban J connectivity index is 2.03. The van der Waals surface area contributed by atoms with E-state index in [1.54, 1.807) is 6.07 Å². The highest BCUT2D eigenvalue weighted by molar-refractivity contribution is 5.83. The first-order valence-electron chi connectivity index (χ1n) is 6.28. The minimum Gasteiger partial charge on any atom is -0.349 e. The number of hydrogen-bond donors (Lipinski definition) is 2. The van der Waals surface area contributed by atoms with Crippen LogP contribution in [0, 0.1) is 11.2 Å². The van der Waals surface area contributed by atoms with E-state index in [9.17, 15) is 9.18 Å². The lowest BCUT2D eigenvalue weighted by Crippen LogP contribution is -2.41. The zero-order chi connectivity index (χ0) is 13.2. The van der Waals surface area contributed by atoms with Crippen molar-refractivity contribution in [2.45, 2.75) is 26.3 Å². The Kier molecular flexibility index (Phi) is 3.66. The van der Waals surface area contributed by atoms with E-state index in [4.69, 9.17) is 0 Å². The molecule has 1 amide bonds. The number of nitrogens with one attached hydrogen (secondary N) is 2. The van der Waals surface area contributed by atoms with Gasteiger partial charge in [0.05, 0.1) is 11.5 Å². The minimum atomic E-state index is -0.346. The second kappa shape index (κ2) is 5.06. The van der Waals surface area contributed by atoms with Crippen LogP contribution in [0.15, 0.2) is 24.3 Å². The molecule has 2 rings (SSSR count).